The lowest BCUT2D eigenvalue weighted by Gasteiger charge is -2.07. The summed E-state index contributed by atoms with van der Waals surface area (Å²) in [5, 5.41) is 0.282. The molecule has 5 aromatic rings. The van der Waals surface area contributed by atoms with E-state index in [2.05, 4.69) is 9.97 Å². The summed E-state index contributed by atoms with van der Waals surface area (Å²) in [6, 6.07) is 27.0. The fourth-order valence-electron chi connectivity index (χ4n) is 3.80. The van der Waals surface area contributed by atoms with Crippen LogP contribution in [0.2, 0.25) is 5.02 Å². The average molecular weight is 489 g/mol. The Morgan fingerprint density at radius 2 is 1.50 bits per heavy atom. The maximum atomic E-state index is 12.9. The first kappa shape index (κ1) is 22.3. The molecule has 0 saturated heterocycles. The number of halogens is 1. The lowest BCUT2D eigenvalue weighted by atomic mass is 10.00. The van der Waals surface area contributed by atoms with Crippen LogP contribution in [0.5, 0.6) is 0 Å². The van der Waals surface area contributed by atoms with Gasteiger partial charge in [-0.05, 0) is 41.0 Å². The Labute approximate surface area is 200 Å². The van der Waals surface area contributed by atoms with Crippen molar-refractivity contribution in [2.45, 2.75) is 0 Å². The van der Waals surface area contributed by atoms with E-state index >= 15 is 0 Å². The molecule has 0 aliphatic rings. The maximum Gasteiger partial charge on any atom is 0.356 e. The summed E-state index contributed by atoms with van der Waals surface area (Å²) in [5.41, 5.74) is 5.17. The number of hydrogen-bond acceptors (Lipinski definition) is 3. The van der Waals surface area contributed by atoms with Gasteiger partial charge >= 0.3 is 7.60 Å². The van der Waals surface area contributed by atoms with Crippen LogP contribution in [0.25, 0.3) is 33.3 Å². The van der Waals surface area contributed by atoms with Crippen molar-refractivity contribution in [3.63, 3.8) is 0 Å². The van der Waals surface area contributed by atoms with E-state index < -0.39 is 13.4 Å². The Morgan fingerprint density at radius 1 is 0.824 bits per heavy atom. The molecule has 8 heteroatoms. The van der Waals surface area contributed by atoms with Gasteiger partial charge in [0.05, 0.1) is 21.4 Å². The fraction of sp³-hybridized carbons (Fsp3) is 0. The number of nitrogens with zero attached hydrogens (tertiary/aromatic N) is 1. The quantitative estimate of drug-likeness (QED) is 0.221. The molecule has 0 amide bonds. The van der Waals surface area contributed by atoms with E-state index in [-0.39, 0.29) is 16.7 Å². The zero-order chi connectivity index (χ0) is 23.9. The summed E-state index contributed by atoms with van der Waals surface area (Å²) < 4.78 is 11.5. The third-order valence-electron chi connectivity index (χ3n) is 5.53. The Bertz CT molecular complexity index is 1570. The molecule has 0 aliphatic carbocycles. The zero-order valence-corrected chi connectivity index (χ0v) is 19.3. The van der Waals surface area contributed by atoms with Crippen molar-refractivity contribution in [2.24, 2.45) is 0 Å². The second-order valence-electron chi connectivity index (χ2n) is 7.80. The van der Waals surface area contributed by atoms with E-state index in [0.29, 0.717) is 16.1 Å². The molecule has 3 N–H and O–H groups in total. The lowest BCUT2D eigenvalue weighted by molar-refractivity contribution is 0.103. The fourth-order valence-corrected chi connectivity index (χ4v) is 4.66. The van der Waals surface area contributed by atoms with Gasteiger partial charge in [-0.25, -0.2) is 4.98 Å². The Morgan fingerprint density at radius 3 is 2.21 bits per heavy atom. The number of hydrogen-bond donors (Lipinski definition) is 3. The molecule has 0 saturated carbocycles. The first-order chi connectivity index (χ1) is 16.3. The molecular formula is C26H18ClN2O4P. The summed E-state index contributed by atoms with van der Waals surface area (Å²) in [7, 11) is -4.48. The number of H-pyrrole nitrogens is 1. The van der Waals surface area contributed by atoms with Gasteiger partial charge in [-0.15, -0.1) is 0 Å². The molecule has 0 fully saturated rings. The van der Waals surface area contributed by atoms with Crippen LogP contribution in [-0.2, 0) is 4.57 Å². The minimum Gasteiger partial charge on any atom is -0.335 e. The summed E-state index contributed by atoms with van der Waals surface area (Å²) >= 11 is 6.55. The molecule has 0 spiro atoms. The predicted octanol–water partition coefficient (Wildman–Crippen LogP) is 5.58. The van der Waals surface area contributed by atoms with Gasteiger partial charge in [0.1, 0.15) is 0 Å². The molecule has 0 radical (unpaired) electrons. The highest BCUT2D eigenvalue weighted by atomic mass is 35.5. The molecule has 0 aliphatic heterocycles. The number of nitrogens with one attached hydrogen (secondary N) is 1. The number of benzene rings is 4. The van der Waals surface area contributed by atoms with Crippen molar-refractivity contribution in [3.05, 3.63) is 107 Å². The molecule has 1 heterocycles. The molecule has 34 heavy (non-hydrogen) atoms. The number of fused-ring (bicyclic) bond motifs is 1. The molecule has 0 bridgehead atoms. The first-order valence-electron chi connectivity index (χ1n) is 10.4. The van der Waals surface area contributed by atoms with Gasteiger partial charge in [0, 0.05) is 11.1 Å². The van der Waals surface area contributed by atoms with Crippen LogP contribution < -0.4 is 5.30 Å². The minimum atomic E-state index is -4.48. The number of carbonyl (C=O) groups excluding carboxylic acids is 1. The highest BCUT2D eigenvalue weighted by molar-refractivity contribution is 7.60. The molecule has 6 nitrogen and oxygen atoms in total. The van der Waals surface area contributed by atoms with Crippen molar-refractivity contribution in [3.8, 4) is 22.3 Å². The molecule has 0 unspecified atom stereocenters. The average Bonchev–Trinajstić information content (AvgIpc) is 3.26. The molecule has 168 valence electrons. The van der Waals surface area contributed by atoms with Crippen molar-refractivity contribution in [1.82, 2.24) is 9.97 Å². The lowest BCUT2D eigenvalue weighted by Crippen LogP contribution is -2.10. The van der Waals surface area contributed by atoms with Gasteiger partial charge in [-0.2, -0.15) is 0 Å². The van der Waals surface area contributed by atoms with Gasteiger partial charge in [0.25, 0.3) is 0 Å². The van der Waals surface area contributed by atoms with Gasteiger partial charge in [-0.3, -0.25) is 9.36 Å². The summed E-state index contributed by atoms with van der Waals surface area (Å²) in [6.07, 6.45) is 0. The monoisotopic (exact) mass is 488 g/mol. The zero-order valence-electron chi connectivity index (χ0n) is 17.6. The van der Waals surface area contributed by atoms with E-state index in [9.17, 15) is 19.1 Å². The van der Waals surface area contributed by atoms with Crippen LogP contribution in [0, 0.1) is 0 Å². The van der Waals surface area contributed by atoms with Crippen LogP contribution in [-0.4, -0.2) is 25.5 Å². The number of aromatic amines is 1. The van der Waals surface area contributed by atoms with Crippen molar-refractivity contribution >= 4 is 41.3 Å². The van der Waals surface area contributed by atoms with Crippen molar-refractivity contribution in [1.29, 1.82) is 0 Å². The Hall–Kier alpha value is -3.54. The molecule has 1 aromatic heterocycles. The number of aromatic nitrogens is 2. The van der Waals surface area contributed by atoms with E-state index in [1.807, 2.05) is 60.7 Å². The smallest absolute Gasteiger partial charge is 0.335 e. The Kier molecular flexibility index (Phi) is 5.68. The SMILES string of the molecule is O=C(c1cccc(P(=O)(O)O)c1)c1nc2cc(-c3ccc(-c4ccccc4)cc3)c(Cl)cc2[nH]1. The minimum absolute atomic E-state index is 0.0607. The summed E-state index contributed by atoms with van der Waals surface area (Å²) in [6.45, 7) is 0. The topological polar surface area (TPSA) is 103 Å². The van der Waals surface area contributed by atoms with Crippen molar-refractivity contribution < 1.29 is 19.1 Å². The van der Waals surface area contributed by atoms with Gasteiger partial charge < -0.3 is 14.8 Å². The number of rotatable bonds is 5. The molecule has 0 atom stereocenters. The number of ketones is 1. The van der Waals surface area contributed by atoms with Gasteiger partial charge in [0.15, 0.2) is 5.82 Å². The largest absolute Gasteiger partial charge is 0.356 e. The number of imidazole rings is 1. The van der Waals surface area contributed by atoms with Crippen LogP contribution >= 0.6 is 19.2 Å². The van der Waals surface area contributed by atoms with Crippen LogP contribution in [0.1, 0.15) is 16.2 Å². The normalized spacial score (nSPS) is 11.6. The van der Waals surface area contributed by atoms with Gasteiger partial charge in [0.2, 0.25) is 5.78 Å². The second kappa shape index (κ2) is 8.67. The third-order valence-corrected chi connectivity index (χ3v) is 6.80. The second-order valence-corrected chi connectivity index (χ2v) is 9.81. The Balaban J connectivity index is 1.49. The summed E-state index contributed by atoms with van der Waals surface area (Å²) in [4.78, 5) is 39.1. The molecule has 4 aromatic carbocycles. The van der Waals surface area contributed by atoms with E-state index in [0.717, 1.165) is 22.3 Å². The summed E-state index contributed by atoms with van der Waals surface area (Å²) in [5.74, 6) is -0.415. The van der Waals surface area contributed by atoms with E-state index in [1.165, 1.54) is 24.3 Å². The van der Waals surface area contributed by atoms with E-state index in [4.69, 9.17) is 11.6 Å². The predicted molar refractivity (Wildman–Crippen MR) is 134 cm³/mol. The standard InChI is InChI=1S/C26H18ClN2O4P/c27-22-15-24-23(14-21(22)18-11-9-17(10-12-18)16-5-2-1-3-6-16)28-26(29-24)25(30)19-7-4-8-20(13-19)34(31,32)33/h1-15H,(H,28,29)(H2,31,32,33). The van der Waals surface area contributed by atoms with Crippen LogP contribution in [0.3, 0.4) is 0 Å². The molecule has 5 rings (SSSR count). The van der Waals surface area contributed by atoms with Crippen LogP contribution in [0.15, 0.2) is 91.0 Å². The highest BCUT2D eigenvalue weighted by Gasteiger charge is 2.21. The molecular weight excluding hydrogens is 471 g/mol. The first-order valence-corrected chi connectivity index (χ1v) is 12.3. The van der Waals surface area contributed by atoms with Crippen molar-refractivity contribution in [2.75, 3.05) is 0 Å². The number of carbonyl (C=O) groups is 1. The van der Waals surface area contributed by atoms with Gasteiger partial charge in [-0.1, -0.05) is 78.3 Å². The maximum absolute atomic E-state index is 12.9. The third kappa shape index (κ3) is 4.32. The van der Waals surface area contributed by atoms with E-state index in [1.54, 1.807) is 6.07 Å². The highest BCUT2D eigenvalue weighted by Crippen LogP contribution is 2.34. The van der Waals surface area contributed by atoms with Crippen LogP contribution in [0.4, 0.5) is 0 Å².